The molecule has 1 atom stereocenters. The SMILES string of the molecule is CC[C@@]1(C)CN(C(=O)Nc2ccc(C(C)=O)c(Cl)c2)CCO1. The topological polar surface area (TPSA) is 58.6 Å². The number of nitrogens with zero attached hydrogens (tertiary/aromatic N) is 1. The third-order valence-corrected chi connectivity index (χ3v) is 4.28. The largest absolute Gasteiger partial charge is 0.372 e. The Morgan fingerprint density at radius 1 is 1.45 bits per heavy atom. The number of morpholine rings is 1. The van der Waals surface area contributed by atoms with Gasteiger partial charge in [0.2, 0.25) is 0 Å². The van der Waals surface area contributed by atoms with Gasteiger partial charge >= 0.3 is 6.03 Å². The van der Waals surface area contributed by atoms with E-state index in [-0.39, 0.29) is 17.4 Å². The van der Waals surface area contributed by atoms with Gasteiger partial charge in [0, 0.05) is 17.8 Å². The average molecular weight is 325 g/mol. The zero-order valence-electron chi connectivity index (χ0n) is 13.1. The van der Waals surface area contributed by atoms with Gasteiger partial charge in [-0.1, -0.05) is 18.5 Å². The van der Waals surface area contributed by atoms with E-state index in [0.717, 1.165) is 6.42 Å². The molecule has 1 aliphatic rings. The van der Waals surface area contributed by atoms with Crippen molar-refractivity contribution in [3.8, 4) is 0 Å². The second kappa shape index (κ2) is 6.67. The first-order valence-electron chi connectivity index (χ1n) is 7.35. The minimum Gasteiger partial charge on any atom is -0.372 e. The maximum Gasteiger partial charge on any atom is 0.322 e. The summed E-state index contributed by atoms with van der Waals surface area (Å²) < 4.78 is 5.73. The lowest BCUT2D eigenvalue weighted by Gasteiger charge is -2.39. The molecule has 1 saturated heterocycles. The standard InChI is InChI=1S/C16H21ClN2O3/c1-4-16(3)10-19(7-8-22-16)15(21)18-12-5-6-13(11(2)20)14(17)9-12/h5-6,9H,4,7-8,10H2,1-3H3,(H,18,21)/t16-/m0/s1. The smallest absolute Gasteiger partial charge is 0.322 e. The van der Waals surface area contributed by atoms with Crippen LogP contribution in [0.15, 0.2) is 18.2 Å². The first-order valence-corrected chi connectivity index (χ1v) is 7.73. The number of amides is 2. The van der Waals surface area contributed by atoms with Crippen molar-refractivity contribution in [2.45, 2.75) is 32.8 Å². The van der Waals surface area contributed by atoms with Crippen molar-refractivity contribution < 1.29 is 14.3 Å². The molecule has 0 radical (unpaired) electrons. The number of hydrogen-bond acceptors (Lipinski definition) is 3. The highest BCUT2D eigenvalue weighted by molar-refractivity contribution is 6.34. The molecule has 0 aliphatic carbocycles. The van der Waals surface area contributed by atoms with Gasteiger partial charge in [-0.15, -0.1) is 0 Å². The molecule has 1 aliphatic heterocycles. The Bertz CT molecular complexity index is 591. The molecule has 5 nitrogen and oxygen atoms in total. The average Bonchev–Trinajstić information content (AvgIpc) is 2.47. The maximum absolute atomic E-state index is 12.4. The molecule has 0 spiro atoms. The molecule has 1 aromatic rings. The van der Waals surface area contributed by atoms with Gasteiger partial charge in [-0.25, -0.2) is 4.79 Å². The van der Waals surface area contributed by atoms with Crippen molar-refractivity contribution in [1.29, 1.82) is 0 Å². The van der Waals surface area contributed by atoms with E-state index >= 15 is 0 Å². The zero-order valence-corrected chi connectivity index (χ0v) is 13.9. The lowest BCUT2D eigenvalue weighted by molar-refractivity contribution is -0.0860. The van der Waals surface area contributed by atoms with Crippen LogP contribution in [0, 0.1) is 0 Å². The Kier molecular flexibility index (Phi) is 5.08. The molecule has 22 heavy (non-hydrogen) atoms. The summed E-state index contributed by atoms with van der Waals surface area (Å²) in [6.45, 7) is 7.14. The Hall–Kier alpha value is -1.59. The maximum atomic E-state index is 12.4. The molecule has 0 bridgehead atoms. The second-order valence-corrected chi connectivity index (χ2v) is 6.16. The minimum atomic E-state index is -0.300. The van der Waals surface area contributed by atoms with E-state index in [4.69, 9.17) is 16.3 Å². The van der Waals surface area contributed by atoms with E-state index in [9.17, 15) is 9.59 Å². The number of ketones is 1. The summed E-state index contributed by atoms with van der Waals surface area (Å²) >= 11 is 6.06. The molecule has 120 valence electrons. The molecule has 6 heteroatoms. The fraction of sp³-hybridized carbons (Fsp3) is 0.500. The first-order chi connectivity index (χ1) is 10.3. The molecular weight excluding hydrogens is 304 g/mol. The molecule has 1 N–H and O–H groups in total. The minimum absolute atomic E-state index is 0.102. The van der Waals surface area contributed by atoms with Crippen LogP contribution in [0.4, 0.5) is 10.5 Å². The molecule has 1 heterocycles. The van der Waals surface area contributed by atoms with Crippen LogP contribution in [0.3, 0.4) is 0 Å². The van der Waals surface area contributed by atoms with Crippen LogP contribution in [0.25, 0.3) is 0 Å². The van der Waals surface area contributed by atoms with Crippen LogP contribution in [0.5, 0.6) is 0 Å². The van der Waals surface area contributed by atoms with Crippen LogP contribution < -0.4 is 5.32 Å². The van der Waals surface area contributed by atoms with E-state index in [2.05, 4.69) is 5.32 Å². The van der Waals surface area contributed by atoms with Crippen molar-refractivity contribution >= 4 is 29.1 Å². The number of carbonyl (C=O) groups excluding carboxylic acids is 2. The van der Waals surface area contributed by atoms with E-state index in [0.29, 0.717) is 36.0 Å². The Labute approximate surface area is 135 Å². The van der Waals surface area contributed by atoms with Crippen molar-refractivity contribution in [2.24, 2.45) is 0 Å². The molecular formula is C16H21ClN2O3. The lowest BCUT2D eigenvalue weighted by Crippen LogP contribution is -2.53. The van der Waals surface area contributed by atoms with Gasteiger partial charge < -0.3 is 15.0 Å². The predicted octanol–water partition coefficient (Wildman–Crippen LogP) is 3.58. The molecule has 1 fully saturated rings. The third-order valence-electron chi connectivity index (χ3n) is 3.97. The van der Waals surface area contributed by atoms with Crippen molar-refractivity contribution in [2.75, 3.05) is 25.0 Å². The molecule has 0 aromatic heterocycles. The van der Waals surface area contributed by atoms with Crippen molar-refractivity contribution in [3.05, 3.63) is 28.8 Å². The van der Waals surface area contributed by atoms with Crippen molar-refractivity contribution in [1.82, 2.24) is 4.90 Å². The predicted molar refractivity (Wildman–Crippen MR) is 86.7 cm³/mol. The van der Waals surface area contributed by atoms with Crippen LogP contribution in [-0.2, 0) is 4.74 Å². The first kappa shape index (κ1) is 16.8. The number of halogens is 1. The second-order valence-electron chi connectivity index (χ2n) is 5.75. The summed E-state index contributed by atoms with van der Waals surface area (Å²) in [5.41, 5.74) is 0.723. The molecule has 0 saturated carbocycles. The summed E-state index contributed by atoms with van der Waals surface area (Å²) in [5, 5.41) is 3.15. The summed E-state index contributed by atoms with van der Waals surface area (Å²) in [4.78, 5) is 25.4. The molecule has 2 rings (SSSR count). The van der Waals surface area contributed by atoms with Crippen molar-refractivity contribution in [3.63, 3.8) is 0 Å². The summed E-state index contributed by atoms with van der Waals surface area (Å²) in [6.07, 6.45) is 0.843. The van der Waals surface area contributed by atoms with Gasteiger partial charge in [0.05, 0.1) is 23.8 Å². The number of nitrogens with one attached hydrogen (secondary N) is 1. The number of carbonyl (C=O) groups is 2. The number of hydrogen-bond donors (Lipinski definition) is 1. The summed E-state index contributed by atoms with van der Waals surface area (Å²) in [5.74, 6) is -0.102. The summed E-state index contributed by atoms with van der Waals surface area (Å²) in [7, 11) is 0. The van der Waals surface area contributed by atoms with Gasteiger partial charge in [0.1, 0.15) is 0 Å². The number of Topliss-reactive ketones (excluding diaryl/α,β-unsaturated/α-hetero) is 1. The van der Waals surface area contributed by atoms with Gasteiger partial charge in [-0.3, -0.25) is 4.79 Å². The normalized spacial score (nSPS) is 21.5. The quantitative estimate of drug-likeness (QED) is 0.865. The molecule has 2 amide bonds. The Balaban J connectivity index is 2.06. The number of anilines is 1. The van der Waals surface area contributed by atoms with Crippen LogP contribution in [-0.4, -0.2) is 42.0 Å². The highest BCUT2D eigenvalue weighted by atomic mass is 35.5. The van der Waals surface area contributed by atoms with E-state index in [1.54, 1.807) is 23.1 Å². The van der Waals surface area contributed by atoms with Crippen LogP contribution >= 0.6 is 11.6 Å². The highest BCUT2D eigenvalue weighted by Gasteiger charge is 2.32. The van der Waals surface area contributed by atoms with E-state index in [1.807, 2.05) is 13.8 Å². The zero-order chi connectivity index (χ0) is 16.3. The number of ether oxygens (including phenoxy) is 1. The van der Waals surface area contributed by atoms with E-state index in [1.165, 1.54) is 6.92 Å². The highest BCUT2D eigenvalue weighted by Crippen LogP contribution is 2.24. The molecule has 1 aromatic carbocycles. The number of benzene rings is 1. The fourth-order valence-corrected chi connectivity index (χ4v) is 2.71. The van der Waals surface area contributed by atoms with Crippen LogP contribution in [0.1, 0.15) is 37.6 Å². The summed E-state index contributed by atoms with van der Waals surface area (Å²) in [6, 6.07) is 4.71. The van der Waals surface area contributed by atoms with Gasteiger partial charge in [0.15, 0.2) is 5.78 Å². The van der Waals surface area contributed by atoms with Gasteiger partial charge in [0.25, 0.3) is 0 Å². The third kappa shape index (κ3) is 3.78. The van der Waals surface area contributed by atoms with Crippen LogP contribution in [0.2, 0.25) is 5.02 Å². The lowest BCUT2D eigenvalue weighted by atomic mass is 10.0. The van der Waals surface area contributed by atoms with E-state index < -0.39 is 0 Å². The van der Waals surface area contributed by atoms with Gasteiger partial charge in [-0.05, 0) is 38.5 Å². The Morgan fingerprint density at radius 2 is 2.18 bits per heavy atom. The fourth-order valence-electron chi connectivity index (χ4n) is 2.40. The monoisotopic (exact) mass is 324 g/mol. The molecule has 0 unspecified atom stereocenters. The van der Waals surface area contributed by atoms with Gasteiger partial charge in [-0.2, -0.15) is 0 Å². The number of rotatable bonds is 3. The Morgan fingerprint density at radius 3 is 2.77 bits per heavy atom. The number of urea groups is 1.